The van der Waals surface area contributed by atoms with Gasteiger partial charge in [0.2, 0.25) is 11.8 Å². The van der Waals surface area contributed by atoms with Crippen molar-refractivity contribution in [1.82, 2.24) is 29.7 Å². The molecule has 2 saturated heterocycles. The number of rotatable bonds is 10. The Balaban J connectivity index is 0.00000461. The second-order valence-corrected chi connectivity index (χ2v) is 12.1. The number of hydrogen-bond donors (Lipinski definition) is 2. The lowest BCUT2D eigenvalue weighted by atomic mass is 10.1. The summed E-state index contributed by atoms with van der Waals surface area (Å²) < 4.78 is 0. The molecule has 1 aromatic carbocycles. The van der Waals surface area contributed by atoms with Gasteiger partial charge < -0.3 is 20.9 Å². The second-order valence-electron chi connectivity index (χ2n) is 11.2. The van der Waals surface area contributed by atoms with Crippen molar-refractivity contribution in [1.29, 1.82) is 5.26 Å². The second kappa shape index (κ2) is 16.5. The highest BCUT2D eigenvalue weighted by Gasteiger charge is 2.22. The molecule has 0 spiro atoms. The molecule has 0 atom stereocenters. The van der Waals surface area contributed by atoms with Crippen molar-refractivity contribution >= 4 is 47.5 Å². The molecule has 5 rings (SSSR count). The molecule has 4 heterocycles. The summed E-state index contributed by atoms with van der Waals surface area (Å²) in [5.74, 6) is 0.769. The summed E-state index contributed by atoms with van der Waals surface area (Å²) in [6.07, 6.45) is 4.42. The largest absolute Gasteiger partial charge is 0.382 e. The molecule has 238 valence electrons. The summed E-state index contributed by atoms with van der Waals surface area (Å²) in [5, 5.41) is 12.9. The van der Waals surface area contributed by atoms with Crippen LogP contribution in [0.4, 0.5) is 11.5 Å². The van der Waals surface area contributed by atoms with Crippen LogP contribution in [0.2, 0.25) is 0 Å². The topological polar surface area (TPSA) is 144 Å². The number of thioether (sulfide) groups is 1. The Morgan fingerprint density at radius 3 is 2.33 bits per heavy atom. The molecule has 2 fully saturated rings. The number of nitrogens with one attached hydrogen (secondary N) is 1. The minimum Gasteiger partial charge on any atom is -0.382 e. The standard InChI is InChI=1S/C32H39N9O2S.ClH/c1-23(42)35-25-10-8-24(9-11-25)30-28(20-33)31(34)38-32(37-30)44-22-27-7-5-6-26(36-27)21-40-16-18-41(19-17-40)29(43)12-15-39-13-3-2-4-14-39;/h5-11H,2-4,12-19,21-22H2,1H3,(H,35,42)(H2,34,37,38);1H. The summed E-state index contributed by atoms with van der Waals surface area (Å²) in [6.45, 7) is 8.48. The minimum absolute atomic E-state index is 0. The van der Waals surface area contributed by atoms with Crippen LogP contribution in [0, 0.1) is 11.3 Å². The van der Waals surface area contributed by atoms with Gasteiger partial charge in [0.1, 0.15) is 17.5 Å². The number of nitrogen functional groups attached to an aromatic ring is 1. The number of piperazine rings is 1. The number of nitrogens with two attached hydrogens (primary N) is 1. The lowest BCUT2D eigenvalue weighted by Crippen LogP contribution is -2.49. The molecule has 3 aromatic rings. The number of carbonyl (C=O) groups excluding carboxylic acids is 2. The van der Waals surface area contributed by atoms with E-state index in [9.17, 15) is 14.9 Å². The van der Waals surface area contributed by atoms with Crippen molar-refractivity contribution in [3.8, 4) is 17.3 Å². The van der Waals surface area contributed by atoms with E-state index in [1.165, 1.54) is 37.9 Å². The smallest absolute Gasteiger partial charge is 0.223 e. The lowest BCUT2D eigenvalue weighted by molar-refractivity contribution is -0.133. The number of anilines is 2. The van der Waals surface area contributed by atoms with E-state index < -0.39 is 0 Å². The average molecular weight is 650 g/mol. The van der Waals surface area contributed by atoms with E-state index in [1.54, 1.807) is 24.3 Å². The number of piperidine rings is 1. The van der Waals surface area contributed by atoms with Gasteiger partial charge in [0.15, 0.2) is 5.16 Å². The normalized spacial score (nSPS) is 15.6. The maximum Gasteiger partial charge on any atom is 0.223 e. The molecule has 0 aliphatic carbocycles. The Hall–Kier alpha value is -3.76. The third-order valence-electron chi connectivity index (χ3n) is 7.92. The summed E-state index contributed by atoms with van der Waals surface area (Å²) in [5.41, 5.74) is 10.0. The lowest BCUT2D eigenvalue weighted by Gasteiger charge is -2.35. The van der Waals surface area contributed by atoms with Gasteiger partial charge in [-0.25, -0.2) is 9.97 Å². The molecule has 2 aliphatic heterocycles. The fourth-order valence-corrected chi connectivity index (χ4v) is 6.33. The number of nitrogens with zero attached hydrogens (tertiary/aromatic N) is 7. The number of halogens is 1. The van der Waals surface area contributed by atoms with Gasteiger partial charge in [0.05, 0.1) is 17.1 Å². The van der Waals surface area contributed by atoms with Crippen LogP contribution in [0.5, 0.6) is 0 Å². The summed E-state index contributed by atoms with van der Waals surface area (Å²) >= 11 is 1.41. The first-order valence-corrected chi connectivity index (χ1v) is 16.1. The fraction of sp³-hybridized carbons (Fsp3) is 0.438. The average Bonchev–Trinajstić information content (AvgIpc) is 3.03. The van der Waals surface area contributed by atoms with Crippen LogP contribution in [-0.2, 0) is 21.9 Å². The zero-order valence-electron chi connectivity index (χ0n) is 25.6. The first kappa shape index (κ1) is 34.1. The highest BCUT2D eigenvalue weighted by Crippen LogP contribution is 2.29. The molecule has 11 nitrogen and oxygen atoms in total. The Labute approximate surface area is 275 Å². The number of likely N-dealkylation sites (tertiary alicyclic amines) is 1. The molecule has 45 heavy (non-hydrogen) atoms. The summed E-state index contributed by atoms with van der Waals surface area (Å²) in [7, 11) is 0. The predicted octanol–water partition coefficient (Wildman–Crippen LogP) is 4.19. The Morgan fingerprint density at radius 1 is 0.933 bits per heavy atom. The maximum absolute atomic E-state index is 12.8. The molecular weight excluding hydrogens is 610 g/mol. The molecule has 0 saturated carbocycles. The van der Waals surface area contributed by atoms with Gasteiger partial charge in [-0.3, -0.25) is 19.5 Å². The van der Waals surface area contributed by atoms with E-state index in [2.05, 4.69) is 31.2 Å². The number of nitriles is 1. The van der Waals surface area contributed by atoms with E-state index in [0.29, 0.717) is 34.3 Å². The number of carbonyl (C=O) groups is 2. The van der Waals surface area contributed by atoms with Gasteiger partial charge in [-0.05, 0) is 50.2 Å². The Kier molecular flexibility index (Phi) is 12.5. The minimum atomic E-state index is -0.161. The zero-order chi connectivity index (χ0) is 30.9. The first-order valence-electron chi connectivity index (χ1n) is 15.1. The fourth-order valence-electron chi connectivity index (χ4n) is 5.57. The van der Waals surface area contributed by atoms with Crippen molar-refractivity contribution in [2.75, 3.05) is 56.9 Å². The number of pyridine rings is 1. The van der Waals surface area contributed by atoms with Crippen LogP contribution >= 0.6 is 24.2 Å². The quantitative estimate of drug-likeness (QED) is 0.242. The van der Waals surface area contributed by atoms with Crippen LogP contribution in [0.1, 0.15) is 49.6 Å². The molecule has 0 unspecified atom stereocenters. The summed E-state index contributed by atoms with van der Waals surface area (Å²) in [4.78, 5) is 44.8. The molecule has 2 aromatic heterocycles. The van der Waals surface area contributed by atoms with Gasteiger partial charge >= 0.3 is 0 Å². The van der Waals surface area contributed by atoms with Gasteiger partial charge in [0, 0.05) is 69.6 Å². The maximum atomic E-state index is 12.8. The monoisotopic (exact) mass is 649 g/mol. The van der Waals surface area contributed by atoms with E-state index >= 15 is 0 Å². The molecular formula is C32H40ClN9O2S. The van der Waals surface area contributed by atoms with Crippen LogP contribution in [0.15, 0.2) is 47.6 Å². The van der Waals surface area contributed by atoms with Crippen molar-refractivity contribution in [2.24, 2.45) is 0 Å². The van der Waals surface area contributed by atoms with E-state index in [0.717, 1.165) is 63.7 Å². The van der Waals surface area contributed by atoms with E-state index in [1.807, 2.05) is 23.1 Å². The highest BCUT2D eigenvalue weighted by molar-refractivity contribution is 7.98. The Bertz CT molecular complexity index is 1500. The third kappa shape index (κ3) is 9.61. The number of amides is 2. The number of hydrogen-bond acceptors (Lipinski definition) is 10. The molecule has 3 N–H and O–H groups in total. The number of benzene rings is 1. The van der Waals surface area contributed by atoms with E-state index in [4.69, 9.17) is 10.7 Å². The first-order chi connectivity index (χ1) is 21.4. The van der Waals surface area contributed by atoms with Gasteiger partial charge in [-0.1, -0.05) is 36.4 Å². The van der Waals surface area contributed by atoms with Crippen LogP contribution < -0.4 is 11.1 Å². The molecule has 2 aliphatic rings. The third-order valence-corrected chi connectivity index (χ3v) is 8.80. The van der Waals surface area contributed by atoms with Crippen molar-refractivity contribution in [3.05, 3.63) is 59.4 Å². The summed E-state index contributed by atoms with van der Waals surface area (Å²) in [6, 6.07) is 15.2. The van der Waals surface area contributed by atoms with Crippen molar-refractivity contribution in [2.45, 2.75) is 50.1 Å². The predicted molar refractivity (Wildman–Crippen MR) is 179 cm³/mol. The number of aromatic nitrogens is 3. The Morgan fingerprint density at radius 2 is 1.64 bits per heavy atom. The SMILES string of the molecule is CC(=O)Nc1ccc(-c2nc(SCc3cccc(CN4CCN(C(=O)CCN5CCCCC5)CC4)n3)nc(N)c2C#N)cc1.Cl. The van der Waals surface area contributed by atoms with Crippen LogP contribution in [-0.4, -0.2) is 87.3 Å². The molecule has 13 heteroatoms. The van der Waals surface area contributed by atoms with Gasteiger partial charge in [-0.15, -0.1) is 12.4 Å². The van der Waals surface area contributed by atoms with Gasteiger partial charge in [0.25, 0.3) is 0 Å². The van der Waals surface area contributed by atoms with Crippen molar-refractivity contribution in [3.63, 3.8) is 0 Å². The molecule has 2 amide bonds. The highest BCUT2D eigenvalue weighted by atomic mass is 35.5. The van der Waals surface area contributed by atoms with Crippen LogP contribution in [0.3, 0.4) is 0 Å². The van der Waals surface area contributed by atoms with Crippen molar-refractivity contribution < 1.29 is 9.59 Å². The van der Waals surface area contributed by atoms with Gasteiger partial charge in [-0.2, -0.15) is 5.26 Å². The molecule has 0 radical (unpaired) electrons. The van der Waals surface area contributed by atoms with E-state index in [-0.39, 0.29) is 35.6 Å². The van der Waals surface area contributed by atoms with Crippen LogP contribution in [0.25, 0.3) is 11.3 Å². The molecule has 0 bridgehead atoms. The zero-order valence-corrected chi connectivity index (χ0v) is 27.2.